The molecular weight excluding hydrogens is 589 g/mol. The predicted molar refractivity (Wildman–Crippen MR) is 156 cm³/mol. The van der Waals surface area contributed by atoms with Crippen molar-refractivity contribution in [2.75, 3.05) is 73.1 Å². The fourth-order valence-electron chi connectivity index (χ4n) is 3.73. The summed E-state index contributed by atoms with van der Waals surface area (Å²) < 4.78 is 13.7. The highest BCUT2D eigenvalue weighted by Gasteiger charge is 2.18. The minimum Gasteiger partial charge on any atom is -0.491 e. The molecule has 1 fully saturated rings. The molecule has 13 heteroatoms. The van der Waals surface area contributed by atoms with Crippen LogP contribution >= 0.6 is 22.9 Å². The molecule has 37 heavy (non-hydrogen) atoms. The summed E-state index contributed by atoms with van der Waals surface area (Å²) in [6.07, 6.45) is 2.93. The fraction of sp³-hybridized carbons (Fsp3) is 0.625. The maximum Gasteiger partial charge on any atom is 0.260 e. The lowest BCUT2D eigenvalue weighted by Gasteiger charge is -2.21. The number of rotatable bonds is 14. The summed E-state index contributed by atoms with van der Waals surface area (Å²) in [6, 6.07) is 5.59. The van der Waals surface area contributed by atoms with Gasteiger partial charge >= 0.3 is 0 Å². The molecule has 1 aliphatic heterocycles. The molecular formula is C24H42IN9O3. The molecule has 1 aliphatic rings. The number of hydrogen-bond donors (Lipinski definition) is 4. The number of unbranched alkanes of at least 4 members (excludes halogenated alkanes) is 1. The molecule has 1 aromatic rings. The SMILES string of the molecule is CN=C(N)N(I)CCCCNCc1cc(OCC(=O)N2CCCN(C)CC2)ccc1OCCN=C(N)N. The van der Waals surface area contributed by atoms with Gasteiger partial charge in [0, 0.05) is 45.3 Å². The molecule has 2 rings (SSSR count). The molecule has 0 aromatic heterocycles. The van der Waals surface area contributed by atoms with E-state index in [2.05, 4.69) is 50.1 Å². The lowest BCUT2D eigenvalue weighted by Crippen LogP contribution is -2.37. The Balaban J connectivity index is 1.91. The highest BCUT2D eigenvalue weighted by atomic mass is 127. The fourth-order valence-corrected chi connectivity index (χ4v) is 4.29. The Labute approximate surface area is 234 Å². The zero-order chi connectivity index (χ0) is 27.0. The number of nitrogens with two attached hydrogens (primary N) is 3. The van der Waals surface area contributed by atoms with Gasteiger partial charge in [0.25, 0.3) is 5.91 Å². The number of nitrogens with one attached hydrogen (secondary N) is 1. The Kier molecular flexibility index (Phi) is 14.2. The summed E-state index contributed by atoms with van der Waals surface area (Å²) in [7, 11) is 3.76. The van der Waals surface area contributed by atoms with Gasteiger partial charge in [-0.1, -0.05) is 0 Å². The average Bonchev–Trinajstić information content (AvgIpc) is 3.11. The van der Waals surface area contributed by atoms with E-state index in [9.17, 15) is 4.79 Å². The summed E-state index contributed by atoms with van der Waals surface area (Å²) in [5, 5.41) is 3.46. The number of nitrogens with zero attached hydrogens (tertiary/aromatic N) is 5. The molecule has 1 heterocycles. The zero-order valence-electron chi connectivity index (χ0n) is 22.0. The number of ether oxygens (including phenoxy) is 2. The van der Waals surface area contributed by atoms with Crippen molar-refractivity contribution in [1.29, 1.82) is 0 Å². The first-order chi connectivity index (χ1) is 17.8. The maximum atomic E-state index is 12.7. The quantitative estimate of drug-likeness (QED) is 0.0747. The van der Waals surface area contributed by atoms with E-state index in [1.54, 1.807) is 7.05 Å². The molecule has 1 amide bonds. The normalized spacial score (nSPS) is 14.7. The molecule has 208 valence electrons. The monoisotopic (exact) mass is 631 g/mol. The van der Waals surface area contributed by atoms with Gasteiger partial charge in [-0.3, -0.25) is 17.9 Å². The van der Waals surface area contributed by atoms with Gasteiger partial charge in [0.1, 0.15) is 18.1 Å². The van der Waals surface area contributed by atoms with Crippen LogP contribution in [0.15, 0.2) is 28.2 Å². The molecule has 12 nitrogen and oxygen atoms in total. The third kappa shape index (κ3) is 12.0. The Hall–Kier alpha value is -2.52. The zero-order valence-corrected chi connectivity index (χ0v) is 24.2. The third-order valence-corrected chi connectivity index (χ3v) is 6.84. The van der Waals surface area contributed by atoms with Gasteiger partial charge in [-0.25, -0.2) is 0 Å². The Morgan fingerprint density at radius 2 is 1.97 bits per heavy atom. The second-order valence-electron chi connectivity index (χ2n) is 8.80. The lowest BCUT2D eigenvalue weighted by molar-refractivity contribution is -0.133. The molecule has 0 spiro atoms. The second kappa shape index (κ2) is 17.1. The van der Waals surface area contributed by atoms with Gasteiger partial charge in [-0.05, 0) is 57.6 Å². The van der Waals surface area contributed by atoms with Gasteiger partial charge in [0.05, 0.1) is 29.4 Å². The number of guanidine groups is 2. The third-order valence-electron chi connectivity index (χ3n) is 5.86. The smallest absolute Gasteiger partial charge is 0.260 e. The van der Waals surface area contributed by atoms with Crippen LogP contribution in [0.1, 0.15) is 24.8 Å². The van der Waals surface area contributed by atoms with E-state index in [1.807, 2.05) is 26.2 Å². The van der Waals surface area contributed by atoms with Gasteiger partial charge in [0.2, 0.25) is 0 Å². The van der Waals surface area contributed by atoms with Gasteiger partial charge in [0.15, 0.2) is 18.5 Å². The van der Waals surface area contributed by atoms with Crippen LogP contribution in [0.3, 0.4) is 0 Å². The van der Waals surface area contributed by atoms with Crippen LogP contribution in [-0.2, 0) is 11.3 Å². The number of hydrogen-bond acceptors (Lipinski definition) is 7. The number of carbonyl (C=O) groups excluding carboxylic acids is 1. The number of aliphatic imine (C=N–C) groups is 2. The largest absolute Gasteiger partial charge is 0.491 e. The van der Waals surface area contributed by atoms with Crippen molar-refractivity contribution in [3.8, 4) is 11.5 Å². The molecule has 0 saturated carbocycles. The standard InChI is InChI=1S/C24H42IN9O3/c1-29-24(28)34(25)12-4-3-8-30-17-19-16-20(6-7-21(19)36-15-9-31-23(26)27)37-18-22(35)33-11-5-10-32(2)13-14-33/h6-7,16,30H,3-5,8-15,17-18H2,1-2H3,(H2,28,29)(H4,26,27,31). The van der Waals surface area contributed by atoms with Crippen LogP contribution in [0.25, 0.3) is 0 Å². The van der Waals surface area contributed by atoms with Crippen LogP contribution in [0.5, 0.6) is 11.5 Å². The number of likely N-dealkylation sites (N-methyl/N-ethyl adjacent to an activating group) is 1. The van der Waals surface area contributed by atoms with Gasteiger partial charge in [-0.15, -0.1) is 0 Å². The topological polar surface area (TPSA) is 160 Å². The van der Waals surface area contributed by atoms with E-state index in [4.69, 9.17) is 26.7 Å². The minimum absolute atomic E-state index is 0.00518. The van der Waals surface area contributed by atoms with Crippen LogP contribution in [-0.4, -0.2) is 104 Å². The van der Waals surface area contributed by atoms with E-state index in [0.29, 0.717) is 31.4 Å². The van der Waals surface area contributed by atoms with Crippen molar-refractivity contribution in [3.63, 3.8) is 0 Å². The average molecular weight is 632 g/mol. The first kappa shape index (κ1) is 30.7. The number of halogens is 1. The van der Waals surface area contributed by atoms with Crippen LogP contribution in [0.4, 0.5) is 0 Å². The van der Waals surface area contributed by atoms with E-state index in [0.717, 1.165) is 69.8 Å². The Morgan fingerprint density at radius 3 is 2.73 bits per heavy atom. The first-order valence-electron chi connectivity index (χ1n) is 12.6. The summed E-state index contributed by atoms with van der Waals surface area (Å²) in [5.74, 6) is 1.91. The van der Waals surface area contributed by atoms with Crippen molar-refractivity contribution in [1.82, 2.24) is 18.2 Å². The predicted octanol–water partition coefficient (Wildman–Crippen LogP) is 0.348. The number of amides is 1. The molecule has 0 unspecified atom stereocenters. The van der Waals surface area contributed by atoms with E-state index in [-0.39, 0.29) is 18.5 Å². The van der Waals surface area contributed by atoms with E-state index < -0.39 is 0 Å². The Bertz CT molecular complexity index is 896. The summed E-state index contributed by atoms with van der Waals surface area (Å²) in [4.78, 5) is 24.8. The minimum atomic E-state index is 0.00518. The van der Waals surface area contributed by atoms with Crippen molar-refractivity contribution in [3.05, 3.63) is 23.8 Å². The van der Waals surface area contributed by atoms with Crippen molar-refractivity contribution in [2.24, 2.45) is 27.2 Å². The maximum absolute atomic E-state index is 12.7. The lowest BCUT2D eigenvalue weighted by atomic mass is 10.2. The van der Waals surface area contributed by atoms with Crippen LogP contribution in [0.2, 0.25) is 0 Å². The molecule has 0 aliphatic carbocycles. The van der Waals surface area contributed by atoms with E-state index in [1.165, 1.54) is 0 Å². The molecule has 1 saturated heterocycles. The van der Waals surface area contributed by atoms with Gasteiger partial charge in [-0.2, -0.15) is 0 Å². The van der Waals surface area contributed by atoms with Crippen molar-refractivity contribution >= 4 is 40.7 Å². The Morgan fingerprint density at radius 1 is 1.16 bits per heavy atom. The molecule has 0 atom stereocenters. The number of carbonyl (C=O) groups is 1. The molecule has 1 aromatic carbocycles. The van der Waals surface area contributed by atoms with Crippen molar-refractivity contribution < 1.29 is 14.3 Å². The second-order valence-corrected chi connectivity index (χ2v) is 9.97. The van der Waals surface area contributed by atoms with E-state index >= 15 is 0 Å². The summed E-state index contributed by atoms with van der Waals surface area (Å²) in [6.45, 7) is 6.34. The summed E-state index contributed by atoms with van der Waals surface area (Å²) >= 11 is 2.17. The summed E-state index contributed by atoms with van der Waals surface area (Å²) in [5.41, 5.74) is 17.5. The highest BCUT2D eigenvalue weighted by Crippen LogP contribution is 2.24. The molecule has 0 radical (unpaired) electrons. The molecule has 7 N–H and O–H groups in total. The number of benzene rings is 1. The van der Waals surface area contributed by atoms with Gasteiger partial charge < -0.3 is 41.8 Å². The first-order valence-corrected chi connectivity index (χ1v) is 13.5. The highest BCUT2D eigenvalue weighted by molar-refractivity contribution is 14.1. The van der Waals surface area contributed by atoms with Crippen LogP contribution in [0, 0.1) is 0 Å². The van der Waals surface area contributed by atoms with Crippen LogP contribution < -0.4 is 32.0 Å². The molecule has 0 bridgehead atoms. The van der Waals surface area contributed by atoms with Crippen molar-refractivity contribution in [2.45, 2.75) is 25.8 Å².